The van der Waals surface area contributed by atoms with E-state index in [0.29, 0.717) is 13.1 Å². The maximum Gasteiger partial charge on any atom is 0.256 e. The average molecular weight is 300 g/mol. The molecule has 6 heteroatoms. The molecule has 0 spiro atoms. The molecule has 1 aliphatic rings. The predicted molar refractivity (Wildman–Crippen MR) is 77.8 cm³/mol. The Bertz CT molecular complexity index is 534. The molecule has 2 N–H and O–H groups in total. The summed E-state index contributed by atoms with van der Waals surface area (Å²) >= 11 is 1.81. The van der Waals surface area contributed by atoms with E-state index >= 15 is 0 Å². The van der Waals surface area contributed by atoms with Gasteiger partial charge >= 0.3 is 0 Å². The maximum absolute atomic E-state index is 13.3. The van der Waals surface area contributed by atoms with E-state index in [9.17, 15) is 13.6 Å². The van der Waals surface area contributed by atoms with Crippen molar-refractivity contribution in [1.29, 1.82) is 0 Å². The number of anilines is 1. The van der Waals surface area contributed by atoms with Gasteiger partial charge in [-0.05, 0) is 12.5 Å². The van der Waals surface area contributed by atoms with E-state index in [4.69, 9.17) is 5.73 Å². The molecule has 110 valence electrons. The van der Waals surface area contributed by atoms with Crippen molar-refractivity contribution in [3.63, 3.8) is 0 Å². The van der Waals surface area contributed by atoms with E-state index in [-0.39, 0.29) is 21.9 Å². The lowest BCUT2D eigenvalue weighted by molar-refractivity contribution is 0.0765. The van der Waals surface area contributed by atoms with Crippen molar-refractivity contribution in [2.24, 2.45) is 0 Å². The first-order valence-corrected chi connectivity index (χ1v) is 7.46. The largest absolute Gasteiger partial charge is 0.398 e. The van der Waals surface area contributed by atoms with Gasteiger partial charge in [-0.2, -0.15) is 11.8 Å². The lowest BCUT2D eigenvalue weighted by Gasteiger charge is -2.23. The molecule has 1 fully saturated rings. The minimum atomic E-state index is -1.05. The van der Waals surface area contributed by atoms with E-state index in [1.165, 1.54) is 0 Å². The zero-order valence-electron chi connectivity index (χ0n) is 11.6. The van der Waals surface area contributed by atoms with Crippen molar-refractivity contribution >= 4 is 23.4 Å². The monoisotopic (exact) mass is 300 g/mol. The Morgan fingerprint density at radius 2 is 1.95 bits per heavy atom. The van der Waals surface area contributed by atoms with Crippen LogP contribution in [0.4, 0.5) is 14.5 Å². The second-order valence-corrected chi connectivity index (χ2v) is 7.31. The van der Waals surface area contributed by atoms with Crippen LogP contribution in [0.15, 0.2) is 12.1 Å². The van der Waals surface area contributed by atoms with Gasteiger partial charge in [0.2, 0.25) is 0 Å². The van der Waals surface area contributed by atoms with Crippen molar-refractivity contribution < 1.29 is 13.6 Å². The van der Waals surface area contributed by atoms with Crippen LogP contribution in [0.2, 0.25) is 0 Å². The van der Waals surface area contributed by atoms with Gasteiger partial charge in [0.15, 0.2) is 11.6 Å². The van der Waals surface area contributed by atoms with E-state index in [1.54, 1.807) is 4.90 Å². The topological polar surface area (TPSA) is 46.3 Å². The molecular weight excluding hydrogens is 282 g/mol. The standard InChI is InChI=1S/C14H18F2N2OS/c1-14(2)3-4-18(5-6-20-14)13(19)9-7-10(15)11(16)8-12(9)17/h7-8H,3-6,17H2,1-2H3. The summed E-state index contributed by atoms with van der Waals surface area (Å²) < 4.78 is 26.5. The SMILES string of the molecule is CC1(C)CCN(C(=O)c2cc(F)c(F)cc2N)CCS1. The summed E-state index contributed by atoms with van der Waals surface area (Å²) in [4.78, 5) is 14.1. The number of nitrogen functional groups attached to an aromatic ring is 1. The van der Waals surface area contributed by atoms with Crippen LogP contribution in [0.25, 0.3) is 0 Å². The number of carbonyl (C=O) groups excluding carboxylic acids is 1. The van der Waals surface area contributed by atoms with E-state index < -0.39 is 11.6 Å². The van der Waals surface area contributed by atoms with Crippen LogP contribution in [0.5, 0.6) is 0 Å². The molecule has 0 bridgehead atoms. The number of nitrogens with two attached hydrogens (primary N) is 1. The third-order valence-corrected chi connectivity index (χ3v) is 4.82. The lowest BCUT2D eigenvalue weighted by Crippen LogP contribution is -2.34. The third kappa shape index (κ3) is 3.23. The third-order valence-electron chi connectivity index (χ3n) is 3.45. The first kappa shape index (κ1) is 15.1. The highest BCUT2D eigenvalue weighted by Crippen LogP contribution is 2.31. The predicted octanol–water partition coefficient (Wildman–Crippen LogP) is 2.90. The van der Waals surface area contributed by atoms with E-state index in [2.05, 4.69) is 13.8 Å². The molecule has 0 aromatic heterocycles. The van der Waals surface area contributed by atoms with Crippen molar-refractivity contribution in [3.8, 4) is 0 Å². The summed E-state index contributed by atoms with van der Waals surface area (Å²) in [5.41, 5.74) is 5.64. The summed E-state index contributed by atoms with van der Waals surface area (Å²) in [5, 5.41) is 0. The number of hydrogen-bond acceptors (Lipinski definition) is 3. The Hall–Kier alpha value is -1.30. The summed E-state index contributed by atoms with van der Waals surface area (Å²) in [6, 6.07) is 1.75. The molecular formula is C14H18F2N2OS. The molecule has 1 aromatic rings. The minimum absolute atomic E-state index is 0.0231. The average Bonchev–Trinajstić information content (AvgIpc) is 2.54. The summed E-state index contributed by atoms with van der Waals surface area (Å²) in [6.07, 6.45) is 0.854. The smallest absolute Gasteiger partial charge is 0.256 e. The van der Waals surface area contributed by atoms with Crippen molar-refractivity contribution in [3.05, 3.63) is 29.3 Å². The maximum atomic E-state index is 13.3. The van der Waals surface area contributed by atoms with Gasteiger partial charge in [-0.3, -0.25) is 4.79 Å². The number of amides is 1. The molecule has 0 aliphatic carbocycles. The molecule has 1 aromatic carbocycles. The van der Waals surface area contributed by atoms with Gasteiger partial charge in [-0.25, -0.2) is 8.78 Å². The second kappa shape index (κ2) is 5.60. The Morgan fingerprint density at radius 3 is 2.65 bits per heavy atom. The van der Waals surface area contributed by atoms with Crippen LogP contribution < -0.4 is 5.73 Å². The number of benzene rings is 1. The molecule has 1 saturated heterocycles. The Labute approximate surface area is 121 Å². The van der Waals surface area contributed by atoms with Crippen molar-refractivity contribution in [2.75, 3.05) is 24.6 Å². The summed E-state index contributed by atoms with van der Waals surface area (Å²) in [7, 11) is 0. The van der Waals surface area contributed by atoms with Gasteiger partial charge in [0, 0.05) is 35.3 Å². The molecule has 0 radical (unpaired) electrons. The van der Waals surface area contributed by atoms with Crippen LogP contribution in [0.3, 0.4) is 0 Å². The highest BCUT2D eigenvalue weighted by molar-refractivity contribution is 8.00. The van der Waals surface area contributed by atoms with Gasteiger partial charge in [0.05, 0.1) is 5.56 Å². The Balaban J connectivity index is 2.21. The van der Waals surface area contributed by atoms with Gasteiger partial charge < -0.3 is 10.6 Å². The van der Waals surface area contributed by atoms with Crippen LogP contribution in [0, 0.1) is 11.6 Å². The molecule has 1 heterocycles. The van der Waals surface area contributed by atoms with E-state index in [1.807, 2.05) is 11.8 Å². The fourth-order valence-corrected chi connectivity index (χ4v) is 3.24. The van der Waals surface area contributed by atoms with Gasteiger partial charge in [0.1, 0.15) is 0 Å². The van der Waals surface area contributed by atoms with Crippen molar-refractivity contribution in [2.45, 2.75) is 25.0 Å². The Kier molecular flexibility index (Phi) is 4.22. The molecule has 1 aliphatic heterocycles. The molecule has 0 atom stereocenters. The first-order valence-electron chi connectivity index (χ1n) is 6.48. The fraction of sp³-hybridized carbons (Fsp3) is 0.500. The highest BCUT2D eigenvalue weighted by Gasteiger charge is 2.27. The van der Waals surface area contributed by atoms with Gasteiger partial charge in [-0.15, -0.1) is 0 Å². The van der Waals surface area contributed by atoms with Crippen LogP contribution >= 0.6 is 11.8 Å². The molecule has 1 amide bonds. The lowest BCUT2D eigenvalue weighted by atomic mass is 10.1. The number of rotatable bonds is 1. The number of nitrogens with zero attached hydrogens (tertiary/aromatic N) is 1. The number of thioether (sulfide) groups is 1. The normalized spacial score (nSPS) is 18.7. The van der Waals surface area contributed by atoms with Gasteiger partial charge in [0.25, 0.3) is 5.91 Å². The second-order valence-electron chi connectivity index (χ2n) is 5.50. The Morgan fingerprint density at radius 1 is 1.30 bits per heavy atom. The summed E-state index contributed by atoms with van der Waals surface area (Å²) in [5.74, 6) is -1.60. The quantitative estimate of drug-likeness (QED) is 0.811. The number of hydrogen-bond donors (Lipinski definition) is 1. The molecule has 3 nitrogen and oxygen atoms in total. The zero-order valence-corrected chi connectivity index (χ0v) is 12.4. The van der Waals surface area contributed by atoms with Gasteiger partial charge in [-0.1, -0.05) is 13.8 Å². The van der Waals surface area contributed by atoms with E-state index in [0.717, 1.165) is 24.3 Å². The fourth-order valence-electron chi connectivity index (χ4n) is 2.14. The number of halogens is 2. The van der Waals surface area contributed by atoms with Crippen molar-refractivity contribution in [1.82, 2.24) is 4.90 Å². The zero-order chi connectivity index (χ0) is 14.9. The van der Waals surface area contributed by atoms with Crippen LogP contribution in [-0.2, 0) is 0 Å². The summed E-state index contributed by atoms with van der Waals surface area (Å²) in [6.45, 7) is 5.46. The minimum Gasteiger partial charge on any atom is -0.398 e. The molecule has 2 rings (SSSR count). The number of carbonyl (C=O) groups is 1. The molecule has 0 unspecified atom stereocenters. The molecule has 20 heavy (non-hydrogen) atoms. The molecule has 0 saturated carbocycles. The highest BCUT2D eigenvalue weighted by atomic mass is 32.2. The van der Waals surface area contributed by atoms with Crippen LogP contribution in [0.1, 0.15) is 30.6 Å². The van der Waals surface area contributed by atoms with Crippen LogP contribution in [-0.4, -0.2) is 34.4 Å². The first-order chi connectivity index (χ1) is 9.30.